The van der Waals surface area contributed by atoms with Crippen molar-refractivity contribution in [3.8, 4) is 0 Å². The van der Waals surface area contributed by atoms with Gasteiger partial charge in [0.15, 0.2) is 0 Å². The number of hydrogen-bond acceptors (Lipinski definition) is 7. The molecule has 0 aliphatic carbocycles. The van der Waals surface area contributed by atoms with Crippen LogP contribution in [0, 0.1) is 0 Å². The highest BCUT2D eigenvalue weighted by Gasteiger charge is 2.34. The van der Waals surface area contributed by atoms with Gasteiger partial charge in [-0.25, -0.2) is 9.97 Å². The number of carbonyl (C=O) groups is 2. The van der Waals surface area contributed by atoms with Crippen LogP contribution in [0.4, 0.5) is 19.0 Å². The van der Waals surface area contributed by atoms with Crippen LogP contribution in [0.25, 0.3) is 0 Å². The largest absolute Gasteiger partial charge is 0.418 e. The molecule has 198 valence electrons. The van der Waals surface area contributed by atoms with E-state index in [1.807, 2.05) is 0 Å². The molecule has 3 heterocycles. The third-order valence-electron chi connectivity index (χ3n) is 4.90. The van der Waals surface area contributed by atoms with Gasteiger partial charge in [0.25, 0.3) is 11.5 Å². The van der Waals surface area contributed by atoms with E-state index >= 15 is 0 Å². The Labute approximate surface area is 223 Å². The molecule has 9 nitrogen and oxygen atoms in total. The number of thiazole rings is 1. The van der Waals surface area contributed by atoms with Gasteiger partial charge in [0, 0.05) is 24.2 Å². The molecular formula is C24H20ClF3N6O3S. The smallest absolute Gasteiger partial charge is 0.343 e. The van der Waals surface area contributed by atoms with Crippen molar-refractivity contribution in [3.05, 3.63) is 97.6 Å². The third kappa shape index (κ3) is 7.01. The summed E-state index contributed by atoms with van der Waals surface area (Å²) in [5.74, 6) is -1.55. The Hall–Kier alpha value is -4.10. The number of aliphatic imine (C=N–C) groups is 1. The van der Waals surface area contributed by atoms with Gasteiger partial charge in [-0.1, -0.05) is 18.2 Å². The number of amides is 2. The summed E-state index contributed by atoms with van der Waals surface area (Å²) in [4.78, 5) is 51.9. The van der Waals surface area contributed by atoms with Crippen molar-refractivity contribution < 1.29 is 22.8 Å². The first-order chi connectivity index (χ1) is 17.9. The number of H-pyrrole nitrogens is 1. The van der Waals surface area contributed by atoms with Gasteiger partial charge in [-0.15, -0.1) is 11.3 Å². The number of nitrogens with one attached hydrogen (secondary N) is 3. The van der Waals surface area contributed by atoms with Crippen molar-refractivity contribution in [2.45, 2.75) is 26.1 Å². The number of aromatic nitrogens is 3. The summed E-state index contributed by atoms with van der Waals surface area (Å²) >= 11 is 6.49. The number of nitrogens with zero attached hydrogens (tertiary/aromatic N) is 3. The summed E-state index contributed by atoms with van der Waals surface area (Å²) in [5, 5.41) is 4.79. The molecule has 1 atom stereocenters. The molecule has 0 radical (unpaired) electrons. The first kappa shape index (κ1) is 28.5. The van der Waals surface area contributed by atoms with Crippen LogP contribution in [-0.2, 0) is 11.0 Å². The van der Waals surface area contributed by atoms with Crippen LogP contribution >= 0.6 is 22.9 Å². The average molecular weight is 565 g/mol. The molecule has 0 aliphatic heterocycles. The minimum Gasteiger partial charge on any atom is -0.343 e. The van der Waals surface area contributed by atoms with E-state index in [0.717, 1.165) is 17.5 Å². The van der Waals surface area contributed by atoms with Gasteiger partial charge in [0.2, 0.25) is 5.91 Å². The van der Waals surface area contributed by atoms with Crippen molar-refractivity contribution in [2.75, 3.05) is 5.32 Å². The van der Waals surface area contributed by atoms with E-state index in [-0.39, 0.29) is 33.1 Å². The van der Waals surface area contributed by atoms with Crippen molar-refractivity contribution in [2.24, 2.45) is 4.99 Å². The number of rotatable bonds is 8. The molecule has 1 unspecified atom stereocenters. The molecule has 14 heteroatoms. The predicted octanol–water partition coefficient (Wildman–Crippen LogP) is 4.91. The fraction of sp³-hybridized carbons (Fsp3) is 0.167. The van der Waals surface area contributed by atoms with Crippen LogP contribution in [0.15, 0.2) is 71.0 Å². The fourth-order valence-electron chi connectivity index (χ4n) is 3.04. The number of aromatic amines is 1. The summed E-state index contributed by atoms with van der Waals surface area (Å²) in [6.45, 7) is 6.70. The summed E-state index contributed by atoms with van der Waals surface area (Å²) in [5.41, 5.74) is -0.791. The highest BCUT2D eigenvalue weighted by molar-refractivity contribution is 7.13. The third-order valence-corrected chi connectivity index (χ3v) is 6.38. The molecule has 0 fully saturated rings. The van der Waals surface area contributed by atoms with Gasteiger partial charge in [-0.2, -0.15) is 13.2 Å². The van der Waals surface area contributed by atoms with E-state index in [1.54, 1.807) is 19.1 Å². The van der Waals surface area contributed by atoms with Crippen LogP contribution in [-0.4, -0.2) is 32.5 Å². The maximum Gasteiger partial charge on any atom is 0.418 e. The number of pyridine rings is 2. The highest BCUT2D eigenvalue weighted by Crippen LogP contribution is 2.35. The molecule has 0 aromatic carbocycles. The molecular weight excluding hydrogens is 545 g/mol. The summed E-state index contributed by atoms with van der Waals surface area (Å²) < 4.78 is 39.2. The standard InChI is InChI=1S/C24H20ClF3N6O3S/c1-4-29-17(14-6-5-7-30-21(14)36)8-12(2)20(35)33-13(3)23-32-11-18(38-23)22(37)34-19-9-15(24(26,27)28)16(25)10-31-19/h4-11,13H,1H2,2-3H3,(H,30,36)(H,33,35)(H,31,34,37)/b12-8+,29-17?. The van der Waals surface area contributed by atoms with Crippen LogP contribution in [0.2, 0.25) is 5.02 Å². The Morgan fingerprint density at radius 3 is 2.68 bits per heavy atom. The van der Waals surface area contributed by atoms with E-state index < -0.39 is 34.6 Å². The molecule has 0 aliphatic rings. The maximum atomic E-state index is 13.1. The number of halogens is 4. The Balaban J connectivity index is 1.70. The van der Waals surface area contributed by atoms with Crippen LogP contribution < -0.4 is 16.2 Å². The molecule has 0 saturated carbocycles. The molecule has 0 saturated heterocycles. The Kier molecular flexibility index (Phi) is 8.96. The Morgan fingerprint density at radius 2 is 2.03 bits per heavy atom. The molecule has 3 N–H and O–H groups in total. The molecule has 0 spiro atoms. The van der Waals surface area contributed by atoms with Crippen molar-refractivity contribution in [1.29, 1.82) is 0 Å². The first-order valence-corrected chi connectivity index (χ1v) is 12.0. The van der Waals surface area contributed by atoms with Gasteiger partial charge in [0.1, 0.15) is 15.7 Å². The second-order valence-corrected chi connectivity index (χ2v) is 9.17. The second-order valence-electron chi connectivity index (χ2n) is 7.70. The number of alkyl halides is 3. The van der Waals surface area contributed by atoms with E-state index in [4.69, 9.17) is 11.6 Å². The number of carbonyl (C=O) groups excluding carboxylic acids is 2. The SMILES string of the molecule is C=CN=C(/C=C(\C)C(=O)NC(C)c1ncc(C(=O)Nc2cc(C(F)(F)F)c(Cl)cn2)s1)c1ccc[nH]c1=O. The van der Waals surface area contributed by atoms with Crippen molar-refractivity contribution in [1.82, 2.24) is 20.3 Å². The number of anilines is 1. The molecule has 3 rings (SSSR count). The normalized spacial score (nSPS) is 13.1. The minimum atomic E-state index is -4.72. The zero-order chi connectivity index (χ0) is 28.0. The van der Waals surface area contributed by atoms with Gasteiger partial charge in [-0.3, -0.25) is 19.4 Å². The maximum absolute atomic E-state index is 13.1. The zero-order valence-electron chi connectivity index (χ0n) is 19.9. The monoisotopic (exact) mass is 564 g/mol. The van der Waals surface area contributed by atoms with Crippen molar-refractivity contribution >= 4 is 46.3 Å². The molecule has 38 heavy (non-hydrogen) atoms. The molecule has 3 aromatic rings. The Bertz CT molecular complexity index is 1500. The average Bonchev–Trinajstić information content (AvgIpc) is 3.35. The van der Waals surface area contributed by atoms with Crippen molar-refractivity contribution in [3.63, 3.8) is 0 Å². The quantitative estimate of drug-likeness (QED) is 0.264. The molecule has 3 aromatic heterocycles. The van der Waals surface area contributed by atoms with Crippen LogP contribution in [0.3, 0.4) is 0 Å². The summed E-state index contributed by atoms with van der Waals surface area (Å²) in [7, 11) is 0. The van der Waals surface area contributed by atoms with E-state index in [9.17, 15) is 27.6 Å². The highest BCUT2D eigenvalue weighted by atomic mass is 35.5. The lowest BCUT2D eigenvalue weighted by molar-refractivity contribution is -0.137. The van der Waals surface area contributed by atoms with Gasteiger partial charge < -0.3 is 15.6 Å². The zero-order valence-corrected chi connectivity index (χ0v) is 21.5. The van der Waals surface area contributed by atoms with Gasteiger partial charge >= 0.3 is 6.18 Å². The lowest BCUT2D eigenvalue weighted by atomic mass is 10.1. The topological polar surface area (TPSA) is 129 Å². The van der Waals surface area contributed by atoms with E-state index in [2.05, 4.69) is 37.2 Å². The van der Waals surface area contributed by atoms with Crippen LogP contribution in [0.5, 0.6) is 0 Å². The van der Waals surface area contributed by atoms with Crippen LogP contribution in [0.1, 0.15) is 45.7 Å². The lowest BCUT2D eigenvalue weighted by Gasteiger charge is -2.12. The minimum absolute atomic E-state index is 0.0855. The Morgan fingerprint density at radius 1 is 1.29 bits per heavy atom. The summed E-state index contributed by atoms with van der Waals surface area (Å²) in [6.07, 6.45) is 1.46. The van der Waals surface area contributed by atoms with Gasteiger partial charge in [-0.05, 0) is 38.1 Å². The summed E-state index contributed by atoms with van der Waals surface area (Å²) in [6, 6.07) is 3.18. The fourth-order valence-corrected chi connectivity index (χ4v) is 4.07. The molecule has 2 amide bonds. The number of allylic oxidation sites excluding steroid dienone is 1. The second kappa shape index (κ2) is 12.0. The number of hydrogen-bond donors (Lipinski definition) is 3. The van der Waals surface area contributed by atoms with E-state index in [0.29, 0.717) is 11.1 Å². The molecule has 0 bridgehead atoms. The predicted molar refractivity (Wildman–Crippen MR) is 138 cm³/mol. The van der Waals surface area contributed by atoms with Gasteiger partial charge in [0.05, 0.1) is 34.1 Å². The lowest BCUT2D eigenvalue weighted by Crippen LogP contribution is -2.28. The first-order valence-electron chi connectivity index (χ1n) is 10.8. The van der Waals surface area contributed by atoms with E-state index in [1.165, 1.54) is 31.6 Å².